The first-order valence-corrected chi connectivity index (χ1v) is 10.2. The van der Waals surface area contributed by atoms with Gasteiger partial charge < -0.3 is 10.1 Å². The van der Waals surface area contributed by atoms with Crippen LogP contribution in [0.5, 0.6) is 5.75 Å². The van der Waals surface area contributed by atoms with Crippen molar-refractivity contribution < 1.29 is 14.3 Å². The van der Waals surface area contributed by atoms with Gasteiger partial charge in [-0.2, -0.15) is 0 Å². The SMILES string of the molecule is Cc1sc(CNC(=O)CN2C(=O)COc3ccccc32)nc1-c1ccc(Cl)cc1. The minimum absolute atomic E-state index is 0.0619. The van der Waals surface area contributed by atoms with Gasteiger partial charge in [-0.3, -0.25) is 14.5 Å². The highest BCUT2D eigenvalue weighted by Gasteiger charge is 2.26. The van der Waals surface area contributed by atoms with Crippen molar-refractivity contribution in [1.82, 2.24) is 10.3 Å². The van der Waals surface area contributed by atoms with Crippen LogP contribution < -0.4 is 15.0 Å². The van der Waals surface area contributed by atoms with Gasteiger partial charge in [-0.15, -0.1) is 11.3 Å². The van der Waals surface area contributed by atoms with Crippen LogP contribution in [0.1, 0.15) is 9.88 Å². The molecule has 0 saturated carbocycles. The molecular formula is C21H18ClN3O3S. The Morgan fingerprint density at radius 2 is 2.00 bits per heavy atom. The predicted molar refractivity (Wildman–Crippen MR) is 113 cm³/mol. The third-order valence-electron chi connectivity index (χ3n) is 4.51. The number of rotatable bonds is 5. The van der Waals surface area contributed by atoms with E-state index >= 15 is 0 Å². The Morgan fingerprint density at radius 3 is 2.79 bits per heavy atom. The Labute approximate surface area is 177 Å². The summed E-state index contributed by atoms with van der Waals surface area (Å²) in [7, 11) is 0. The maximum absolute atomic E-state index is 12.5. The Kier molecular flexibility index (Phi) is 5.51. The van der Waals surface area contributed by atoms with E-state index < -0.39 is 0 Å². The second kappa shape index (κ2) is 8.23. The molecule has 0 radical (unpaired) electrons. The van der Waals surface area contributed by atoms with Gasteiger partial charge in [0.25, 0.3) is 5.91 Å². The van der Waals surface area contributed by atoms with Gasteiger partial charge in [0.05, 0.1) is 17.9 Å². The summed E-state index contributed by atoms with van der Waals surface area (Å²) in [5, 5.41) is 4.33. The number of benzene rings is 2. The van der Waals surface area contributed by atoms with Gasteiger partial charge in [0.15, 0.2) is 6.61 Å². The first-order valence-electron chi connectivity index (χ1n) is 9.02. The van der Waals surface area contributed by atoms with Crippen molar-refractivity contribution >= 4 is 40.4 Å². The third kappa shape index (κ3) is 4.26. The smallest absolute Gasteiger partial charge is 0.265 e. The molecule has 0 spiro atoms. The monoisotopic (exact) mass is 427 g/mol. The minimum Gasteiger partial charge on any atom is -0.482 e. The Hall–Kier alpha value is -2.90. The Bertz CT molecular complexity index is 1070. The zero-order valence-electron chi connectivity index (χ0n) is 15.6. The van der Waals surface area contributed by atoms with Gasteiger partial charge in [-0.05, 0) is 31.2 Å². The summed E-state index contributed by atoms with van der Waals surface area (Å²) in [6.07, 6.45) is 0. The lowest BCUT2D eigenvalue weighted by Crippen LogP contribution is -2.45. The molecule has 2 heterocycles. The van der Waals surface area contributed by atoms with Crippen LogP contribution in [-0.4, -0.2) is 29.9 Å². The normalized spacial score (nSPS) is 13.0. The van der Waals surface area contributed by atoms with Gasteiger partial charge in [-0.25, -0.2) is 4.98 Å². The number of para-hydroxylation sites is 2. The Balaban J connectivity index is 1.41. The number of fused-ring (bicyclic) bond motifs is 1. The zero-order valence-corrected chi connectivity index (χ0v) is 17.2. The highest BCUT2D eigenvalue weighted by molar-refractivity contribution is 7.12. The molecule has 4 rings (SSSR count). The van der Waals surface area contributed by atoms with E-state index in [1.165, 1.54) is 16.2 Å². The van der Waals surface area contributed by atoms with Crippen LogP contribution in [0.25, 0.3) is 11.3 Å². The van der Waals surface area contributed by atoms with E-state index in [9.17, 15) is 9.59 Å². The lowest BCUT2D eigenvalue weighted by atomic mass is 10.1. The molecule has 8 heteroatoms. The summed E-state index contributed by atoms with van der Waals surface area (Å²) in [5.74, 6) is 0.105. The fourth-order valence-electron chi connectivity index (χ4n) is 3.10. The molecule has 6 nitrogen and oxygen atoms in total. The number of ether oxygens (including phenoxy) is 1. The topological polar surface area (TPSA) is 71.5 Å². The number of nitrogens with one attached hydrogen (secondary N) is 1. The second-order valence-corrected chi connectivity index (χ2v) is 8.26. The number of carbonyl (C=O) groups excluding carboxylic acids is 2. The van der Waals surface area contributed by atoms with Crippen LogP contribution in [0, 0.1) is 6.92 Å². The standard InChI is InChI=1S/C21H18ClN3O3S/c1-13-21(14-6-8-15(22)9-7-14)24-19(29-13)10-23-18(26)11-25-16-4-2-3-5-17(16)28-12-20(25)27/h2-9H,10-12H2,1H3,(H,23,26). The van der Waals surface area contributed by atoms with Crippen molar-refractivity contribution in [3.63, 3.8) is 0 Å². The highest BCUT2D eigenvalue weighted by Crippen LogP contribution is 2.31. The molecule has 3 aromatic rings. The minimum atomic E-state index is -0.254. The molecule has 0 unspecified atom stereocenters. The molecule has 2 aromatic carbocycles. The molecule has 148 valence electrons. The summed E-state index contributed by atoms with van der Waals surface area (Å²) >= 11 is 7.48. The van der Waals surface area contributed by atoms with Crippen LogP contribution in [0.15, 0.2) is 48.5 Å². The third-order valence-corrected chi connectivity index (χ3v) is 5.73. The first kappa shape index (κ1) is 19.4. The molecular weight excluding hydrogens is 410 g/mol. The average Bonchev–Trinajstić information content (AvgIpc) is 3.10. The number of hydrogen-bond donors (Lipinski definition) is 1. The Morgan fingerprint density at radius 1 is 1.24 bits per heavy atom. The van der Waals surface area contributed by atoms with E-state index in [0.29, 0.717) is 23.0 Å². The molecule has 29 heavy (non-hydrogen) atoms. The van der Waals surface area contributed by atoms with Crippen LogP contribution in [-0.2, 0) is 16.1 Å². The fraction of sp³-hybridized carbons (Fsp3) is 0.190. The zero-order chi connectivity index (χ0) is 20.4. The molecule has 1 N–H and O–H groups in total. The number of aromatic nitrogens is 1. The van der Waals surface area contributed by atoms with Crippen LogP contribution in [0.4, 0.5) is 5.69 Å². The number of carbonyl (C=O) groups is 2. The van der Waals surface area contributed by atoms with Gasteiger partial charge in [0, 0.05) is 15.5 Å². The number of halogens is 1. The van der Waals surface area contributed by atoms with E-state index in [-0.39, 0.29) is 25.0 Å². The summed E-state index contributed by atoms with van der Waals surface area (Å²) in [5.41, 5.74) is 2.47. The van der Waals surface area contributed by atoms with E-state index in [0.717, 1.165) is 21.1 Å². The van der Waals surface area contributed by atoms with Gasteiger partial charge in [0.2, 0.25) is 5.91 Å². The van der Waals surface area contributed by atoms with Crippen LogP contribution >= 0.6 is 22.9 Å². The van der Waals surface area contributed by atoms with Crippen molar-refractivity contribution in [2.75, 3.05) is 18.1 Å². The van der Waals surface area contributed by atoms with Gasteiger partial charge in [0.1, 0.15) is 17.3 Å². The quantitative estimate of drug-likeness (QED) is 0.672. The van der Waals surface area contributed by atoms with Crippen LogP contribution in [0.3, 0.4) is 0 Å². The van der Waals surface area contributed by atoms with E-state index in [4.69, 9.17) is 16.3 Å². The fourth-order valence-corrected chi connectivity index (χ4v) is 4.12. The molecule has 1 aliphatic heterocycles. The van der Waals surface area contributed by atoms with Crippen molar-refractivity contribution in [3.8, 4) is 17.0 Å². The van der Waals surface area contributed by atoms with E-state index in [2.05, 4.69) is 10.3 Å². The molecule has 2 amide bonds. The van der Waals surface area contributed by atoms with Crippen LogP contribution in [0.2, 0.25) is 5.02 Å². The van der Waals surface area contributed by atoms with Gasteiger partial charge in [-0.1, -0.05) is 35.9 Å². The average molecular weight is 428 g/mol. The second-order valence-electron chi connectivity index (χ2n) is 6.53. The van der Waals surface area contributed by atoms with Crippen molar-refractivity contribution in [1.29, 1.82) is 0 Å². The lowest BCUT2D eigenvalue weighted by molar-refractivity contribution is -0.125. The molecule has 0 aliphatic carbocycles. The molecule has 1 aliphatic rings. The summed E-state index contributed by atoms with van der Waals surface area (Å²) in [6, 6.07) is 14.7. The summed E-state index contributed by atoms with van der Waals surface area (Å²) < 4.78 is 5.40. The maximum Gasteiger partial charge on any atom is 0.265 e. The number of nitrogens with zero attached hydrogens (tertiary/aromatic N) is 2. The number of hydrogen-bond acceptors (Lipinski definition) is 5. The molecule has 0 atom stereocenters. The van der Waals surface area contributed by atoms with E-state index in [1.807, 2.05) is 43.3 Å². The van der Waals surface area contributed by atoms with E-state index in [1.54, 1.807) is 12.1 Å². The largest absolute Gasteiger partial charge is 0.482 e. The number of aryl methyl sites for hydroxylation is 1. The number of amides is 2. The van der Waals surface area contributed by atoms with Gasteiger partial charge >= 0.3 is 0 Å². The molecule has 1 aromatic heterocycles. The van der Waals surface area contributed by atoms with Crippen molar-refractivity contribution in [2.24, 2.45) is 0 Å². The van der Waals surface area contributed by atoms with Crippen molar-refractivity contribution in [3.05, 3.63) is 63.4 Å². The number of anilines is 1. The summed E-state index contributed by atoms with van der Waals surface area (Å²) in [4.78, 5) is 31.8. The molecule has 0 saturated heterocycles. The van der Waals surface area contributed by atoms with Crippen molar-refractivity contribution in [2.45, 2.75) is 13.5 Å². The maximum atomic E-state index is 12.5. The molecule has 0 bridgehead atoms. The highest BCUT2D eigenvalue weighted by atomic mass is 35.5. The number of thiazole rings is 1. The molecule has 0 fully saturated rings. The first-order chi connectivity index (χ1) is 14.0. The summed E-state index contributed by atoms with van der Waals surface area (Å²) in [6.45, 7) is 2.17. The predicted octanol–water partition coefficient (Wildman–Crippen LogP) is 3.81. The lowest BCUT2D eigenvalue weighted by Gasteiger charge is -2.28.